The summed E-state index contributed by atoms with van der Waals surface area (Å²) in [5.41, 5.74) is 15.2. The summed E-state index contributed by atoms with van der Waals surface area (Å²) in [6, 6.07) is 72.5. The van der Waals surface area contributed by atoms with Gasteiger partial charge in [0, 0.05) is 68.7 Å². The fraction of sp³-hybridized carbons (Fsp3) is 0.108. The molecule has 8 aromatic carbocycles. The van der Waals surface area contributed by atoms with Crippen LogP contribution in [0.25, 0.3) is 132 Å². The van der Waals surface area contributed by atoms with Gasteiger partial charge in [-0.25, -0.2) is 15.0 Å². The van der Waals surface area contributed by atoms with E-state index in [0.29, 0.717) is 56.3 Å². The van der Waals surface area contributed by atoms with Crippen LogP contribution < -0.4 is 117 Å². The molecule has 0 radical (unpaired) electrons. The van der Waals surface area contributed by atoms with E-state index in [-0.39, 0.29) is 131 Å². The third kappa shape index (κ3) is 15.9. The molecule has 0 spiro atoms. The van der Waals surface area contributed by atoms with Crippen molar-refractivity contribution in [1.82, 2.24) is 39.9 Å². The minimum atomic E-state index is -0.0942. The molecule has 12 nitrogen and oxygen atoms in total. The molecule has 0 saturated carbocycles. The summed E-state index contributed by atoms with van der Waals surface area (Å²) in [7, 11) is 0. The number of nitrogens with zero attached hydrogens (tertiary/aromatic N) is 8. The van der Waals surface area contributed by atoms with Gasteiger partial charge in [0.15, 0.2) is 0 Å². The van der Waals surface area contributed by atoms with Crippen LogP contribution in [0.15, 0.2) is 262 Å². The second kappa shape index (κ2) is 32.0. The smallest absolute Gasteiger partial charge is 0.872 e. The summed E-state index contributed by atoms with van der Waals surface area (Å²) in [5.74, 6) is -0.0779. The molecule has 16 aromatic rings. The molecule has 8 heterocycles. The fourth-order valence-corrected chi connectivity index (χ4v) is 12.1. The van der Waals surface area contributed by atoms with Crippen molar-refractivity contribution in [2.75, 3.05) is 0 Å². The van der Waals surface area contributed by atoms with E-state index >= 15 is 0 Å². The van der Waals surface area contributed by atoms with Crippen molar-refractivity contribution in [3.05, 3.63) is 278 Å². The van der Waals surface area contributed by atoms with Crippen LogP contribution in [0.3, 0.4) is 0 Å². The Morgan fingerprint density at radius 3 is 1.17 bits per heavy atom. The Morgan fingerprint density at radius 2 is 0.677 bits per heavy atom. The zero-order valence-corrected chi connectivity index (χ0v) is 61.5. The van der Waals surface area contributed by atoms with Crippen LogP contribution in [-0.4, -0.2) is 39.9 Å². The van der Waals surface area contributed by atoms with Gasteiger partial charge in [-0.15, -0.1) is 0 Å². The van der Waals surface area contributed by atoms with Gasteiger partial charge >= 0.3 is 96.8 Å². The molecule has 8 aromatic heterocycles. The van der Waals surface area contributed by atoms with E-state index in [1.54, 1.807) is 67.3 Å². The maximum absolute atomic E-state index is 12.6. The Labute approximate surface area is 643 Å². The summed E-state index contributed by atoms with van der Waals surface area (Å²) >= 11 is 0. The van der Waals surface area contributed by atoms with Gasteiger partial charge in [-0.05, 0) is 128 Å². The molecular weight excluding hydrogens is 1230 g/mol. The van der Waals surface area contributed by atoms with Crippen molar-refractivity contribution < 1.29 is 117 Å². The molecule has 0 unspecified atom stereocenters. The average molecular weight is 1300 g/mol. The van der Waals surface area contributed by atoms with Gasteiger partial charge in [-0.1, -0.05) is 234 Å². The number of rotatable bonds is 5. The maximum atomic E-state index is 12.6. The van der Waals surface area contributed by atoms with Crippen LogP contribution in [0, 0.1) is 6.92 Å². The summed E-state index contributed by atoms with van der Waals surface area (Å²) in [4.78, 5) is 36.7. The Bertz CT molecular complexity index is 5500. The number of hydrogen-bond donors (Lipinski definition) is 0. The van der Waals surface area contributed by atoms with E-state index in [0.717, 1.165) is 81.8 Å². The van der Waals surface area contributed by atoms with Crippen LogP contribution in [0.1, 0.15) is 58.2 Å². The first-order valence-corrected chi connectivity index (χ1v) is 31.4. The van der Waals surface area contributed by atoms with Crippen LogP contribution >= 0.6 is 0 Å². The second-order valence-electron chi connectivity index (χ2n) is 25.4. The quantitative estimate of drug-likeness (QED) is 0.155. The first kappa shape index (κ1) is 74.4. The van der Waals surface area contributed by atoms with Crippen LogP contribution in [0.4, 0.5) is 0 Å². The molecule has 16 heteroatoms. The Balaban J connectivity index is 0.000000154. The molecule has 0 fully saturated rings. The second-order valence-corrected chi connectivity index (χ2v) is 25.4. The molecule has 0 bridgehead atoms. The van der Waals surface area contributed by atoms with E-state index < -0.39 is 0 Å². The summed E-state index contributed by atoms with van der Waals surface area (Å²) < 4.78 is 0. The Morgan fingerprint density at radius 1 is 0.283 bits per heavy atom. The zero-order chi connectivity index (χ0) is 66.0. The van der Waals surface area contributed by atoms with Crippen molar-refractivity contribution in [3.8, 4) is 79.3 Å². The zero-order valence-electron chi connectivity index (χ0n) is 57.5. The van der Waals surface area contributed by atoms with Gasteiger partial charge in [0.2, 0.25) is 0 Å². The topological polar surface area (TPSA) is 195 Å². The van der Waals surface area contributed by atoms with Crippen molar-refractivity contribution >= 4 is 76.2 Å². The van der Waals surface area contributed by atoms with Gasteiger partial charge in [-0.3, -0.25) is 24.9 Å². The predicted octanol–water partition coefficient (Wildman–Crippen LogP) is 5.53. The Kier molecular flexibility index (Phi) is 24.1. The molecule has 0 atom stereocenters. The van der Waals surface area contributed by atoms with Gasteiger partial charge in [0.25, 0.3) is 0 Å². The molecule has 99 heavy (non-hydrogen) atoms. The molecule has 0 aliphatic carbocycles. The van der Waals surface area contributed by atoms with Gasteiger partial charge < -0.3 is 20.4 Å². The number of pyridine rings is 8. The molecule has 0 N–H and O–H groups in total. The first-order valence-electron chi connectivity index (χ1n) is 31.4. The summed E-state index contributed by atoms with van der Waals surface area (Å²) in [5, 5.41) is 57.8. The number of benzene rings is 8. The summed E-state index contributed by atoms with van der Waals surface area (Å²) in [6.45, 7) is 15.2. The van der Waals surface area contributed by atoms with Gasteiger partial charge in [0.1, 0.15) is 0 Å². The molecule has 16 rings (SSSR count). The average Bonchev–Trinajstić information content (AvgIpc) is 0.737. The fourth-order valence-electron chi connectivity index (χ4n) is 12.1. The number of aryl methyl sites for hydroxylation is 1. The summed E-state index contributed by atoms with van der Waals surface area (Å²) in [6.07, 6.45) is 8.82. The Hall–Kier alpha value is -8.83. The normalized spacial score (nSPS) is 11.0. The van der Waals surface area contributed by atoms with Crippen molar-refractivity contribution in [2.45, 2.75) is 59.3 Å². The molecule has 464 valence electrons. The van der Waals surface area contributed by atoms with Crippen molar-refractivity contribution in [3.63, 3.8) is 0 Å². The number of fused-ring (bicyclic) bond motifs is 11. The van der Waals surface area contributed by atoms with E-state index in [9.17, 15) is 20.4 Å². The van der Waals surface area contributed by atoms with Crippen LogP contribution in [0.5, 0.6) is 23.0 Å². The van der Waals surface area contributed by atoms with E-state index in [1.807, 2.05) is 147 Å². The van der Waals surface area contributed by atoms with Gasteiger partial charge in [-0.2, -0.15) is 0 Å². The number of hydrogen-bond acceptors (Lipinski definition) is 12. The SMILES string of the molecule is CC(C)(C)c1ccnc2c1ccc1c(C(C)(C)C)cc(-c3ccccc3[O-])nc12.Cc1cc(-c2ccccn2)c([O-])c(-c2ccccn2)c1.[Li+].[Li+].[Na+].[Na+].[O-]c1ccccc1-c1ccc2ccc3ccc4cccnc4c3c2n1.[O-]c1ccccc1-c1ccc2ccc3cccnc3c2n1. The largest absolute Gasteiger partial charge is 1.00 e. The third-order valence-electron chi connectivity index (χ3n) is 16.8. The van der Waals surface area contributed by atoms with E-state index in [1.165, 1.54) is 11.1 Å². The first-order chi connectivity index (χ1) is 46.0. The molecular formula is C83H64Li2N8Na2O4. The van der Waals surface area contributed by atoms with E-state index in [2.05, 4.69) is 121 Å². The predicted molar refractivity (Wildman–Crippen MR) is 378 cm³/mol. The minimum absolute atomic E-state index is 0. The maximum Gasteiger partial charge on any atom is 1.00 e. The third-order valence-corrected chi connectivity index (χ3v) is 16.8. The molecule has 0 aliphatic rings. The molecule has 0 amide bonds. The number of aromatic nitrogens is 8. The standard InChI is InChI=1S/C26H28N2O.C22H14N2O.C18H12N2O.C17H14N2O.2Li.2Na/c1-25(2,3)19-13-14-27-23-16(19)11-12-17-20(26(4,5)6)15-21(28-24(17)23)18-9-7-8-10-22(18)29;25-19-6-2-1-5-17(19)18-12-11-16-10-8-14-7-9-15-4-3-13-23-21(15)20(14)22(16)24-18;21-16-6-2-1-5-14(16)15-10-9-13-8-7-12-4-3-11-19-17(12)18(13)20-15;1-12-10-13(15-6-2-4-8-18-15)17(20)14(11-12)16-7-3-5-9-19-16;;;;/h7-15,29H,1-6H3;1-13,25H;1-11,21H;2-11,20H,1H3;;;;/q;;;;4*+1/p-4. The van der Waals surface area contributed by atoms with Crippen LogP contribution in [-0.2, 0) is 10.8 Å². The van der Waals surface area contributed by atoms with Crippen LogP contribution in [0.2, 0.25) is 0 Å². The molecule has 0 aliphatic heterocycles. The van der Waals surface area contributed by atoms with E-state index in [4.69, 9.17) is 15.0 Å². The molecule has 0 saturated heterocycles. The van der Waals surface area contributed by atoms with Gasteiger partial charge in [0.05, 0.1) is 61.6 Å². The minimum Gasteiger partial charge on any atom is -0.872 e. The van der Waals surface area contributed by atoms with Crippen molar-refractivity contribution in [1.29, 1.82) is 0 Å². The van der Waals surface area contributed by atoms with Crippen molar-refractivity contribution in [2.24, 2.45) is 0 Å². The monoisotopic (exact) mass is 1300 g/mol. The number of para-hydroxylation sites is 3.